The number of piperidine rings is 1. The third-order valence-corrected chi connectivity index (χ3v) is 6.60. The fraction of sp³-hybridized carbons (Fsp3) is 0.667. The Balaban J connectivity index is 1.53. The number of benzene rings is 1. The maximum absolute atomic E-state index is 10.6. The number of carboxylic acids is 1. The summed E-state index contributed by atoms with van der Waals surface area (Å²) in [7, 11) is 4.88. The van der Waals surface area contributed by atoms with Crippen LogP contribution in [0.1, 0.15) is 50.0 Å². The van der Waals surface area contributed by atoms with E-state index in [-0.39, 0.29) is 6.61 Å². The van der Waals surface area contributed by atoms with Crippen LogP contribution in [0.15, 0.2) is 24.3 Å². The number of ether oxygens (including phenoxy) is 1. The highest BCUT2D eigenvalue weighted by Gasteiger charge is 2.39. The first-order valence-corrected chi connectivity index (χ1v) is 9.95. The number of hydrogen-bond donors (Lipinski definition) is 2. The molecule has 26 heavy (non-hydrogen) atoms. The van der Waals surface area contributed by atoms with Gasteiger partial charge in [-0.1, -0.05) is 12.1 Å². The molecule has 0 bridgehead atoms. The van der Waals surface area contributed by atoms with Crippen molar-refractivity contribution in [1.29, 1.82) is 0 Å². The lowest BCUT2D eigenvalue weighted by molar-refractivity contribution is -0.940. The van der Waals surface area contributed by atoms with E-state index in [1.54, 1.807) is 0 Å². The van der Waals surface area contributed by atoms with Gasteiger partial charge in [-0.05, 0) is 36.5 Å². The van der Waals surface area contributed by atoms with E-state index >= 15 is 0 Å². The Hall–Kier alpha value is -1.59. The summed E-state index contributed by atoms with van der Waals surface area (Å²) in [6.45, 7) is 2.05. The zero-order chi connectivity index (χ0) is 18.6. The first-order chi connectivity index (χ1) is 12.5. The number of rotatable bonds is 6. The summed E-state index contributed by atoms with van der Waals surface area (Å²) in [6.07, 6.45) is 7.66. The Kier molecular flexibility index (Phi) is 6.20. The Morgan fingerprint density at radius 1 is 1.04 bits per heavy atom. The van der Waals surface area contributed by atoms with Crippen molar-refractivity contribution in [1.82, 2.24) is 5.32 Å². The van der Waals surface area contributed by atoms with Gasteiger partial charge in [0.15, 0.2) is 6.61 Å². The molecule has 1 aliphatic carbocycles. The van der Waals surface area contributed by atoms with Gasteiger partial charge in [0, 0.05) is 38.8 Å². The van der Waals surface area contributed by atoms with Crippen molar-refractivity contribution in [2.75, 3.05) is 33.8 Å². The van der Waals surface area contributed by atoms with Gasteiger partial charge in [0.05, 0.1) is 26.2 Å². The maximum atomic E-state index is 10.6. The SMILES string of the molecule is C[N+](C)(C1CCNCC1)C1CCC(c2ccc(OCC(=O)O)cc2)CC1. The van der Waals surface area contributed by atoms with Crippen molar-refractivity contribution in [2.24, 2.45) is 0 Å². The highest BCUT2D eigenvalue weighted by Crippen LogP contribution is 2.38. The van der Waals surface area contributed by atoms with E-state index in [2.05, 4.69) is 31.5 Å². The molecule has 1 aromatic rings. The summed E-state index contributed by atoms with van der Waals surface area (Å²) in [5.41, 5.74) is 1.36. The quantitative estimate of drug-likeness (QED) is 0.765. The molecule has 5 heteroatoms. The molecule has 144 valence electrons. The second-order valence-corrected chi connectivity index (χ2v) is 8.37. The lowest BCUT2D eigenvalue weighted by atomic mass is 9.80. The largest absolute Gasteiger partial charge is 0.482 e. The summed E-state index contributed by atoms with van der Waals surface area (Å²) in [5.74, 6) is 0.309. The zero-order valence-electron chi connectivity index (χ0n) is 16.1. The molecule has 0 radical (unpaired) electrons. The number of quaternary nitrogens is 1. The minimum Gasteiger partial charge on any atom is -0.482 e. The monoisotopic (exact) mass is 361 g/mol. The van der Waals surface area contributed by atoms with Crippen molar-refractivity contribution < 1.29 is 19.1 Å². The maximum Gasteiger partial charge on any atom is 0.341 e. The van der Waals surface area contributed by atoms with Crippen molar-refractivity contribution in [2.45, 2.75) is 56.5 Å². The second-order valence-electron chi connectivity index (χ2n) is 8.37. The molecule has 1 aromatic carbocycles. The second kappa shape index (κ2) is 8.40. The van der Waals surface area contributed by atoms with E-state index in [4.69, 9.17) is 9.84 Å². The molecule has 2 fully saturated rings. The minimum absolute atomic E-state index is 0.284. The standard InChI is InChI=1S/C21H32N2O3/c1-23(2,19-11-13-22-14-12-19)18-7-3-16(4-8-18)17-5-9-20(10-6-17)26-15-21(24)25/h5-6,9-10,16,18-19,22H,3-4,7-8,11-15H2,1-2H3/p+1. The molecule has 1 aliphatic heterocycles. The molecule has 3 rings (SSSR count). The number of nitrogens with zero attached hydrogens (tertiary/aromatic N) is 1. The van der Waals surface area contributed by atoms with Gasteiger partial charge < -0.3 is 19.6 Å². The van der Waals surface area contributed by atoms with Gasteiger partial charge in [-0.3, -0.25) is 0 Å². The molecule has 0 aromatic heterocycles. The Morgan fingerprint density at radius 2 is 1.62 bits per heavy atom. The van der Waals surface area contributed by atoms with Crippen LogP contribution in [0.4, 0.5) is 0 Å². The molecule has 2 N–H and O–H groups in total. The van der Waals surface area contributed by atoms with Crippen molar-refractivity contribution in [3.63, 3.8) is 0 Å². The van der Waals surface area contributed by atoms with Crippen LogP contribution in [0.5, 0.6) is 5.75 Å². The lowest BCUT2D eigenvalue weighted by Crippen LogP contribution is -2.59. The predicted molar refractivity (Wildman–Crippen MR) is 103 cm³/mol. The van der Waals surface area contributed by atoms with Crippen LogP contribution in [0.3, 0.4) is 0 Å². The molecule has 1 heterocycles. The van der Waals surface area contributed by atoms with Crippen LogP contribution in [0.25, 0.3) is 0 Å². The van der Waals surface area contributed by atoms with E-state index in [1.165, 1.54) is 48.6 Å². The number of carbonyl (C=O) groups is 1. The van der Waals surface area contributed by atoms with Crippen molar-refractivity contribution >= 4 is 5.97 Å². The van der Waals surface area contributed by atoms with Crippen LogP contribution >= 0.6 is 0 Å². The molecule has 0 spiro atoms. The normalized spacial score (nSPS) is 25.0. The number of nitrogens with one attached hydrogen (secondary N) is 1. The first-order valence-electron chi connectivity index (χ1n) is 9.95. The minimum atomic E-state index is -0.943. The smallest absolute Gasteiger partial charge is 0.341 e. The van der Waals surface area contributed by atoms with E-state index in [0.717, 1.165) is 25.2 Å². The summed E-state index contributed by atoms with van der Waals surface area (Å²) >= 11 is 0. The molecule has 2 aliphatic rings. The van der Waals surface area contributed by atoms with E-state index in [1.807, 2.05) is 12.1 Å². The van der Waals surface area contributed by atoms with Crippen LogP contribution < -0.4 is 10.1 Å². The summed E-state index contributed by atoms with van der Waals surface area (Å²) in [4.78, 5) is 10.6. The third-order valence-electron chi connectivity index (χ3n) is 6.60. The zero-order valence-corrected chi connectivity index (χ0v) is 16.1. The molecule has 0 atom stereocenters. The molecular weight excluding hydrogens is 328 g/mol. The van der Waals surface area contributed by atoms with Crippen LogP contribution in [-0.2, 0) is 4.79 Å². The molecule has 0 amide bonds. The van der Waals surface area contributed by atoms with Gasteiger partial charge >= 0.3 is 5.97 Å². The van der Waals surface area contributed by atoms with Crippen LogP contribution in [0, 0.1) is 0 Å². The van der Waals surface area contributed by atoms with Crippen LogP contribution in [0.2, 0.25) is 0 Å². The van der Waals surface area contributed by atoms with E-state index in [0.29, 0.717) is 11.7 Å². The van der Waals surface area contributed by atoms with Crippen molar-refractivity contribution in [3.05, 3.63) is 29.8 Å². The fourth-order valence-corrected chi connectivity index (χ4v) is 4.83. The topological polar surface area (TPSA) is 58.6 Å². The summed E-state index contributed by atoms with van der Waals surface area (Å²) in [6, 6.07) is 9.58. The highest BCUT2D eigenvalue weighted by atomic mass is 16.5. The summed E-state index contributed by atoms with van der Waals surface area (Å²) < 4.78 is 6.41. The molecular formula is C21H33N2O3+. The van der Waals surface area contributed by atoms with Gasteiger partial charge in [-0.15, -0.1) is 0 Å². The Labute approximate surface area is 156 Å². The van der Waals surface area contributed by atoms with Crippen LogP contribution in [-0.4, -0.2) is 61.4 Å². The summed E-state index contributed by atoms with van der Waals surface area (Å²) in [5, 5.41) is 12.2. The number of carboxylic acid groups (broad SMARTS) is 1. The lowest BCUT2D eigenvalue weighted by Gasteiger charge is -2.48. The highest BCUT2D eigenvalue weighted by molar-refractivity contribution is 5.68. The van der Waals surface area contributed by atoms with Gasteiger partial charge in [0.1, 0.15) is 5.75 Å². The number of aliphatic carboxylic acids is 1. The molecule has 0 unspecified atom stereocenters. The Morgan fingerprint density at radius 3 is 2.19 bits per heavy atom. The predicted octanol–water partition coefficient (Wildman–Crippen LogP) is 3.00. The van der Waals surface area contributed by atoms with E-state index in [9.17, 15) is 4.79 Å². The van der Waals surface area contributed by atoms with E-state index < -0.39 is 5.97 Å². The number of hydrogen-bond acceptors (Lipinski definition) is 3. The molecule has 1 saturated carbocycles. The first kappa shape index (κ1) is 19.2. The van der Waals surface area contributed by atoms with Gasteiger partial charge in [0.25, 0.3) is 0 Å². The van der Waals surface area contributed by atoms with Gasteiger partial charge in [0.2, 0.25) is 0 Å². The average Bonchev–Trinajstić information content (AvgIpc) is 2.67. The fourth-order valence-electron chi connectivity index (χ4n) is 4.83. The Bertz CT molecular complexity index is 586. The van der Waals surface area contributed by atoms with Gasteiger partial charge in [-0.2, -0.15) is 0 Å². The van der Waals surface area contributed by atoms with Gasteiger partial charge in [-0.25, -0.2) is 4.79 Å². The molecule has 1 saturated heterocycles. The molecule has 5 nitrogen and oxygen atoms in total. The average molecular weight is 362 g/mol. The third kappa shape index (κ3) is 4.57. The van der Waals surface area contributed by atoms with Crippen molar-refractivity contribution in [3.8, 4) is 5.75 Å².